The van der Waals surface area contributed by atoms with Crippen molar-refractivity contribution in [2.75, 3.05) is 5.32 Å². The number of aromatic nitrogens is 2. The predicted octanol–water partition coefficient (Wildman–Crippen LogP) is 3.82. The molecule has 0 bridgehead atoms. The molecule has 0 atom stereocenters. The van der Waals surface area contributed by atoms with Gasteiger partial charge in [-0.15, -0.1) is 0 Å². The van der Waals surface area contributed by atoms with E-state index >= 15 is 0 Å². The van der Waals surface area contributed by atoms with Gasteiger partial charge in [0.15, 0.2) is 0 Å². The maximum absolute atomic E-state index is 13.1. The average molecular weight is 416 g/mol. The van der Waals surface area contributed by atoms with Gasteiger partial charge in [-0.25, -0.2) is 4.39 Å². The number of halogens is 1. The Bertz CT molecular complexity index is 1240. The highest BCUT2D eigenvalue weighted by atomic mass is 19.1. The second-order valence-corrected chi connectivity index (χ2v) is 6.73. The van der Waals surface area contributed by atoms with E-state index in [1.807, 2.05) is 0 Å². The summed E-state index contributed by atoms with van der Waals surface area (Å²) in [6, 6.07) is 15.8. The zero-order valence-corrected chi connectivity index (χ0v) is 16.2. The molecule has 3 N–H and O–H groups in total. The third-order valence-corrected chi connectivity index (χ3v) is 4.64. The monoisotopic (exact) mass is 416 g/mol. The number of nitrogens with zero attached hydrogens (tertiary/aromatic N) is 2. The summed E-state index contributed by atoms with van der Waals surface area (Å²) in [5.74, 6) is -1.32. The van der Waals surface area contributed by atoms with Crippen LogP contribution in [0.1, 0.15) is 15.9 Å². The lowest BCUT2D eigenvalue weighted by Crippen LogP contribution is -2.15. The summed E-state index contributed by atoms with van der Waals surface area (Å²) in [5.41, 5.74) is 8.46. The molecule has 4 aromatic rings. The number of carbonyl (C=O) groups is 2. The van der Waals surface area contributed by atoms with E-state index in [1.165, 1.54) is 24.3 Å². The summed E-state index contributed by atoms with van der Waals surface area (Å²) in [6.07, 6.45) is 3.20. The SMILES string of the molecule is NC(=O)c1ccccc1-c1c(-c2ccncc2)noc1NC(=O)Cc1ccc(F)cc1. The fourth-order valence-corrected chi connectivity index (χ4v) is 3.21. The number of hydrogen-bond acceptors (Lipinski definition) is 5. The first-order valence-electron chi connectivity index (χ1n) is 9.36. The Kier molecular flexibility index (Phi) is 5.53. The number of nitrogens with one attached hydrogen (secondary N) is 1. The van der Waals surface area contributed by atoms with E-state index in [4.69, 9.17) is 10.3 Å². The Balaban J connectivity index is 1.75. The number of nitrogens with two attached hydrogens (primary N) is 1. The van der Waals surface area contributed by atoms with Crippen molar-refractivity contribution in [2.45, 2.75) is 6.42 Å². The molecule has 0 aliphatic rings. The van der Waals surface area contributed by atoms with Crippen LogP contribution in [0.4, 0.5) is 10.3 Å². The molecule has 0 radical (unpaired) electrons. The molecule has 4 rings (SSSR count). The first kappa shape index (κ1) is 20.0. The topological polar surface area (TPSA) is 111 Å². The number of primary amides is 1. The fourth-order valence-electron chi connectivity index (χ4n) is 3.21. The van der Waals surface area contributed by atoms with Crippen molar-refractivity contribution in [1.29, 1.82) is 0 Å². The van der Waals surface area contributed by atoms with E-state index in [2.05, 4.69) is 15.5 Å². The van der Waals surface area contributed by atoms with Gasteiger partial charge in [-0.05, 0) is 35.9 Å². The van der Waals surface area contributed by atoms with Crippen molar-refractivity contribution >= 4 is 17.7 Å². The summed E-state index contributed by atoms with van der Waals surface area (Å²) in [7, 11) is 0. The normalized spacial score (nSPS) is 10.6. The summed E-state index contributed by atoms with van der Waals surface area (Å²) < 4.78 is 18.6. The van der Waals surface area contributed by atoms with Crippen LogP contribution in [-0.4, -0.2) is 22.0 Å². The minimum absolute atomic E-state index is 0.00246. The van der Waals surface area contributed by atoms with E-state index < -0.39 is 5.91 Å². The molecule has 8 heteroatoms. The largest absolute Gasteiger partial charge is 0.366 e. The van der Waals surface area contributed by atoms with Crippen LogP contribution < -0.4 is 11.1 Å². The molecule has 0 fully saturated rings. The average Bonchev–Trinajstić information content (AvgIpc) is 3.19. The van der Waals surface area contributed by atoms with Crippen LogP contribution >= 0.6 is 0 Å². The van der Waals surface area contributed by atoms with Crippen molar-refractivity contribution < 1.29 is 18.5 Å². The zero-order valence-electron chi connectivity index (χ0n) is 16.2. The Morgan fingerprint density at radius 2 is 1.71 bits per heavy atom. The summed E-state index contributed by atoms with van der Waals surface area (Å²) in [4.78, 5) is 28.6. The lowest BCUT2D eigenvalue weighted by Gasteiger charge is -2.09. The lowest BCUT2D eigenvalue weighted by molar-refractivity contribution is -0.115. The highest BCUT2D eigenvalue weighted by molar-refractivity contribution is 6.05. The zero-order chi connectivity index (χ0) is 21.8. The van der Waals surface area contributed by atoms with Crippen LogP contribution in [0.25, 0.3) is 22.4 Å². The maximum atomic E-state index is 13.1. The van der Waals surface area contributed by atoms with Crippen molar-refractivity contribution in [3.63, 3.8) is 0 Å². The van der Waals surface area contributed by atoms with Gasteiger partial charge in [0, 0.05) is 29.1 Å². The molecule has 154 valence electrons. The smallest absolute Gasteiger partial charge is 0.249 e. The summed E-state index contributed by atoms with van der Waals surface area (Å²) in [5, 5.41) is 6.81. The number of anilines is 1. The van der Waals surface area contributed by atoms with Gasteiger partial charge in [0.05, 0.1) is 12.0 Å². The minimum Gasteiger partial charge on any atom is -0.366 e. The lowest BCUT2D eigenvalue weighted by atomic mass is 9.96. The van der Waals surface area contributed by atoms with Crippen molar-refractivity contribution in [1.82, 2.24) is 10.1 Å². The van der Waals surface area contributed by atoms with E-state index in [-0.39, 0.29) is 29.6 Å². The molecular formula is C23H17FN4O3. The number of pyridine rings is 1. The van der Waals surface area contributed by atoms with Gasteiger partial charge < -0.3 is 10.3 Å². The van der Waals surface area contributed by atoms with Crippen LogP contribution in [0.15, 0.2) is 77.6 Å². The van der Waals surface area contributed by atoms with Gasteiger partial charge in [0.2, 0.25) is 17.7 Å². The second kappa shape index (κ2) is 8.58. The molecule has 2 heterocycles. The fraction of sp³-hybridized carbons (Fsp3) is 0.0435. The third-order valence-electron chi connectivity index (χ3n) is 4.64. The van der Waals surface area contributed by atoms with Crippen LogP contribution in [0.2, 0.25) is 0 Å². The summed E-state index contributed by atoms with van der Waals surface area (Å²) >= 11 is 0. The predicted molar refractivity (Wildman–Crippen MR) is 112 cm³/mol. The number of amides is 2. The Labute approximate surface area is 176 Å². The maximum Gasteiger partial charge on any atom is 0.249 e. The highest BCUT2D eigenvalue weighted by Gasteiger charge is 2.24. The molecular weight excluding hydrogens is 399 g/mol. The van der Waals surface area contributed by atoms with Gasteiger partial charge in [-0.3, -0.25) is 19.9 Å². The Hall–Kier alpha value is -4.33. The molecule has 0 unspecified atom stereocenters. The molecule has 0 saturated heterocycles. The summed E-state index contributed by atoms with van der Waals surface area (Å²) in [6.45, 7) is 0. The van der Waals surface area contributed by atoms with Gasteiger partial charge in [0.25, 0.3) is 0 Å². The van der Waals surface area contributed by atoms with Crippen LogP contribution in [0.5, 0.6) is 0 Å². The van der Waals surface area contributed by atoms with Crippen molar-refractivity contribution in [3.05, 3.63) is 90.0 Å². The second-order valence-electron chi connectivity index (χ2n) is 6.73. The quantitative estimate of drug-likeness (QED) is 0.496. The minimum atomic E-state index is -0.624. The van der Waals surface area contributed by atoms with Gasteiger partial charge in [0.1, 0.15) is 11.5 Å². The molecule has 0 saturated carbocycles. The van der Waals surface area contributed by atoms with Gasteiger partial charge in [-0.1, -0.05) is 35.5 Å². The van der Waals surface area contributed by atoms with Crippen molar-refractivity contribution in [2.24, 2.45) is 5.73 Å². The molecule has 2 aromatic carbocycles. The molecule has 2 aromatic heterocycles. The Morgan fingerprint density at radius 1 is 1.00 bits per heavy atom. The van der Waals surface area contributed by atoms with E-state index in [0.29, 0.717) is 27.9 Å². The van der Waals surface area contributed by atoms with E-state index in [9.17, 15) is 14.0 Å². The van der Waals surface area contributed by atoms with Crippen LogP contribution in [0, 0.1) is 5.82 Å². The highest BCUT2D eigenvalue weighted by Crippen LogP contribution is 2.39. The van der Waals surface area contributed by atoms with Crippen LogP contribution in [0.3, 0.4) is 0 Å². The van der Waals surface area contributed by atoms with E-state index in [1.54, 1.807) is 48.8 Å². The van der Waals surface area contributed by atoms with Gasteiger partial charge in [-0.2, -0.15) is 0 Å². The Morgan fingerprint density at radius 3 is 2.42 bits per heavy atom. The standard InChI is InChI=1S/C23H17FN4O3/c24-16-7-5-14(6-8-16)13-19(29)27-23-20(17-3-1-2-4-18(17)22(25)30)21(28-31-23)15-9-11-26-12-10-15/h1-12H,13H2,(H2,25,30)(H,27,29). The van der Waals surface area contributed by atoms with Crippen molar-refractivity contribution in [3.8, 4) is 22.4 Å². The van der Waals surface area contributed by atoms with E-state index in [0.717, 1.165) is 0 Å². The molecule has 31 heavy (non-hydrogen) atoms. The molecule has 7 nitrogen and oxygen atoms in total. The first-order valence-corrected chi connectivity index (χ1v) is 9.36. The molecule has 2 amide bonds. The number of rotatable bonds is 6. The third kappa shape index (κ3) is 4.32. The number of carbonyl (C=O) groups excluding carboxylic acids is 2. The molecule has 0 aliphatic heterocycles. The number of hydrogen-bond donors (Lipinski definition) is 2. The molecule has 0 spiro atoms. The number of benzene rings is 2. The van der Waals surface area contributed by atoms with Crippen LogP contribution in [-0.2, 0) is 11.2 Å². The van der Waals surface area contributed by atoms with Gasteiger partial charge >= 0.3 is 0 Å². The first-order chi connectivity index (χ1) is 15.0. The molecule has 0 aliphatic carbocycles.